The molecule has 0 bridgehead atoms. The van der Waals surface area contributed by atoms with Crippen molar-refractivity contribution in [3.8, 4) is 0 Å². The Balaban J connectivity index is 2.37. The van der Waals surface area contributed by atoms with Gasteiger partial charge in [-0.25, -0.2) is 0 Å². The molecular weight excluding hydrogens is 175 g/mol. The van der Waals surface area contributed by atoms with Gasteiger partial charge in [0.25, 0.3) is 0 Å². The van der Waals surface area contributed by atoms with Crippen molar-refractivity contribution in [1.29, 1.82) is 0 Å². The zero-order valence-electron chi connectivity index (χ0n) is 9.81. The molecule has 0 nitrogen and oxygen atoms in total. The van der Waals surface area contributed by atoms with Crippen LogP contribution in [0, 0.1) is 5.92 Å². The molecular formula is C12H22P+. The highest BCUT2D eigenvalue weighted by Crippen LogP contribution is 3.06. The van der Waals surface area contributed by atoms with E-state index in [4.69, 9.17) is 0 Å². The summed E-state index contributed by atoms with van der Waals surface area (Å²) in [6, 6.07) is 0. The van der Waals surface area contributed by atoms with Crippen LogP contribution in [-0.2, 0) is 0 Å². The summed E-state index contributed by atoms with van der Waals surface area (Å²) in [7, 11) is -0.688. The third-order valence-electron chi connectivity index (χ3n) is 4.96. The summed E-state index contributed by atoms with van der Waals surface area (Å²) in [6.45, 7) is 14.6. The van der Waals surface area contributed by atoms with E-state index in [1.165, 1.54) is 6.42 Å². The molecule has 2 aliphatic rings. The van der Waals surface area contributed by atoms with Crippen molar-refractivity contribution in [3.05, 3.63) is 11.4 Å². The Labute approximate surface area is 83.1 Å². The maximum atomic E-state index is 2.62. The first-order valence-corrected chi connectivity index (χ1v) is 7.69. The number of hydrogen-bond acceptors (Lipinski definition) is 0. The average Bonchev–Trinajstić information content (AvgIpc) is 2.26. The Morgan fingerprint density at radius 2 is 1.92 bits per heavy atom. The third kappa shape index (κ3) is 0.675. The van der Waals surface area contributed by atoms with Gasteiger partial charge >= 0.3 is 0 Å². The molecule has 0 saturated carbocycles. The van der Waals surface area contributed by atoms with Gasteiger partial charge in [0.15, 0.2) is 0 Å². The maximum absolute atomic E-state index is 2.62. The molecule has 1 heteroatoms. The summed E-state index contributed by atoms with van der Waals surface area (Å²) in [5.74, 6) is 0.791. The molecule has 2 atom stereocenters. The van der Waals surface area contributed by atoms with Gasteiger partial charge in [0.2, 0.25) is 0 Å². The zero-order chi connectivity index (χ0) is 10.1. The molecule has 13 heavy (non-hydrogen) atoms. The van der Waals surface area contributed by atoms with Crippen molar-refractivity contribution < 1.29 is 0 Å². The fraction of sp³-hybridized carbons (Fsp3) is 0.833. The number of allylic oxidation sites excluding steroid dienone is 2. The van der Waals surface area contributed by atoms with Gasteiger partial charge < -0.3 is 0 Å². The molecule has 2 aliphatic heterocycles. The van der Waals surface area contributed by atoms with Crippen LogP contribution >= 0.6 is 7.26 Å². The van der Waals surface area contributed by atoms with Crippen molar-refractivity contribution in [3.63, 3.8) is 0 Å². The van der Waals surface area contributed by atoms with Crippen LogP contribution in [0.1, 0.15) is 41.0 Å². The molecule has 2 rings (SSSR count). The first-order chi connectivity index (χ1) is 5.85. The molecule has 0 radical (unpaired) electrons. The van der Waals surface area contributed by atoms with Gasteiger partial charge in [-0.05, 0) is 20.3 Å². The van der Waals surface area contributed by atoms with Gasteiger partial charge in [0.1, 0.15) is 10.3 Å². The first-order valence-electron chi connectivity index (χ1n) is 5.45. The Morgan fingerprint density at radius 1 is 1.38 bits per heavy atom. The predicted octanol–water partition coefficient (Wildman–Crippen LogP) is 4.13. The fourth-order valence-electron chi connectivity index (χ4n) is 3.80. The summed E-state index contributed by atoms with van der Waals surface area (Å²) in [5, 5.41) is 3.12. The lowest BCUT2D eigenvalue weighted by Gasteiger charge is -2.25. The molecule has 2 heterocycles. The van der Waals surface area contributed by atoms with Gasteiger partial charge in [-0.2, -0.15) is 0 Å². The Kier molecular flexibility index (Phi) is 1.66. The highest BCUT2D eigenvalue weighted by molar-refractivity contribution is 7.91. The van der Waals surface area contributed by atoms with Crippen molar-refractivity contribution >= 4 is 7.26 Å². The lowest BCUT2D eigenvalue weighted by molar-refractivity contribution is 0.626. The molecule has 0 aromatic carbocycles. The Hall–Kier alpha value is 0.170. The monoisotopic (exact) mass is 197 g/mol. The smallest absolute Gasteiger partial charge is 0.0608 e. The van der Waals surface area contributed by atoms with Gasteiger partial charge in [-0.1, -0.05) is 20.8 Å². The van der Waals surface area contributed by atoms with E-state index in [1.54, 1.807) is 0 Å². The standard InChI is InChI=1S/C12H22P/c1-7-12-8-10(9(2)3)13(12,6)11(12,4)5/h8-9H,7H2,1-6H3/q+1. The third-order valence-corrected chi connectivity index (χ3v) is 11.6. The second-order valence-corrected chi connectivity index (χ2v) is 10.0. The number of rotatable bonds is 2. The summed E-state index contributed by atoms with van der Waals surface area (Å²) >= 11 is 0. The topological polar surface area (TPSA) is 0 Å². The quantitative estimate of drug-likeness (QED) is 0.584. The zero-order valence-corrected chi connectivity index (χ0v) is 10.7. The van der Waals surface area contributed by atoms with Crippen LogP contribution in [0.5, 0.6) is 0 Å². The largest absolute Gasteiger partial charge is 0.144 e. The Bertz CT molecular complexity index is 287. The highest BCUT2D eigenvalue weighted by atomic mass is 31.2. The lowest BCUT2D eigenvalue weighted by atomic mass is 9.92. The van der Waals surface area contributed by atoms with Crippen LogP contribution in [0.3, 0.4) is 0 Å². The molecule has 0 aromatic rings. The maximum Gasteiger partial charge on any atom is 0.144 e. The molecule has 0 aliphatic carbocycles. The van der Waals surface area contributed by atoms with Crippen LogP contribution in [0.15, 0.2) is 11.4 Å². The Morgan fingerprint density at radius 3 is 2.15 bits per heavy atom. The van der Waals surface area contributed by atoms with Gasteiger partial charge in [-0.3, -0.25) is 0 Å². The van der Waals surface area contributed by atoms with E-state index >= 15 is 0 Å². The number of fused-ring (bicyclic) bond motifs is 1. The van der Waals surface area contributed by atoms with Crippen LogP contribution in [0.25, 0.3) is 0 Å². The minimum absolute atomic E-state index is 0.633. The number of hydrogen-bond donors (Lipinski definition) is 0. The molecule has 2 unspecified atom stereocenters. The summed E-state index contributed by atoms with van der Waals surface area (Å²) in [5.41, 5.74) is 0. The minimum Gasteiger partial charge on any atom is -0.0608 e. The second-order valence-electron chi connectivity index (χ2n) is 5.57. The van der Waals surface area contributed by atoms with Crippen LogP contribution in [-0.4, -0.2) is 17.0 Å². The molecule has 0 amide bonds. The molecule has 0 N–H and O–H groups in total. The molecule has 1 saturated heterocycles. The van der Waals surface area contributed by atoms with E-state index in [2.05, 4.69) is 47.4 Å². The van der Waals surface area contributed by atoms with E-state index in [0.29, 0.717) is 10.3 Å². The molecule has 0 spiro atoms. The van der Waals surface area contributed by atoms with E-state index in [-0.39, 0.29) is 0 Å². The van der Waals surface area contributed by atoms with Crippen molar-refractivity contribution in [1.82, 2.24) is 0 Å². The molecule has 1 fully saturated rings. The van der Waals surface area contributed by atoms with E-state index in [9.17, 15) is 0 Å². The normalized spacial score (nSPS) is 45.3. The summed E-state index contributed by atoms with van der Waals surface area (Å²) < 4.78 is 0. The van der Waals surface area contributed by atoms with Crippen molar-refractivity contribution in [2.45, 2.75) is 51.4 Å². The van der Waals surface area contributed by atoms with E-state index in [0.717, 1.165) is 5.92 Å². The summed E-state index contributed by atoms with van der Waals surface area (Å²) in [4.78, 5) is 0. The molecule has 0 aromatic heterocycles. The molecule has 74 valence electrons. The highest BCUT2D eigenvalue weighted by Gasteiger charge is 2.93. The van der Waals surface area contributed by atoms with Crippen molar-refractivity contribution in [2.75, 3.05) is 6.66 Å². The van der Waals surface area contributed by atoms with Gasteiger partial charge in [-0.15, -0.1) is 0 Å². The lowest BCUT2D eigenvalue weighted by Crippen LogP contribution is -2.20. The SMILES string of the molecule is CCC12C=C(C(C)C)[P+]1(C)C2(C)C. The average molecular weight is 197 g/mol. The summed E-state index contributed by atoms with van der Waals surface area (Å²) in [6.07, 6.45) is 3.98. The van der Waals surface area contributed by atoms with Gasteiger partial charge in [0, 0.05) is 12.0 Å². The van der Waals surface area contributed by atoms with Crippen LogP contribution < -0.4 is 0 Å². The van der Waals surface area contributed by atoms with Crippen LogP contribution in [0.2, 0.25) is 0 Å². The first kappa shape index (κ1) is 9.71. The van der Waals surface area contributed by atoms with Crippen LogP contribution in [0.4, 0.5) is 0 Å². The fourth-order valence-corrected chi connectivity index (χ4v) is 10.1. The van der Waals surface area contributed by atoms with Gasteiger partial charge in [0.05, 0.1) is 19.2 Å². The predicted molar refractivity (Wildman–Crippen MR) is 62.9 cm³/mol. The van der Waals surface area contributed by atoms with E-state index < -0.39 is 7.26 Å². The van der Waals surface area contributed by atoms with E-state index in [1.807, 2.05) is 5.31 Å². The second kappa shape index (κ2) is 2.22. The van der Waals surface area contributed by atoms with Crippen molar-refractivity contribution in [2.24, 2.45) is 5.92 Å². The minimum atomic E-state index is -0.688.